The molecule has 0 amide bonds. The van der Waals surface area contributed by atoms with E-state index in [1.54, 1.807) is 0 Å². The number of fused-ring (bicyclic) bond motifs is 1. The van der Waals surface area contributed by atoms with Crippen LogP contribution < -0.4 is 5.32 Å². The summed E-state index contributed by atoms with van der Waals surface area (Å²) in [4.78, 5) is 0. The molecular formula is C19H22N2. The third-order valence-electron chi connectivity index (χ3n) is 4.17. The fraction of sp³-hybridized carbons (Fsp3) is 0.263. The van der Waals surface area contributed by atoms with Crippen molar-refractivity contribution in [3.63, 3.8) is 0 Å². The molecule has 3 rings (SSSR count). The van der Waals surface area contributed by atoms with Crippen molar-refractivity contribution in [3.05, 3.63) is 72.1 Å². The number of nitrogens with zero attached hydrogens (tertiary/aromatic N) is 1. The van der Waals surface area contributed by atoms with E-state index in [1.807, 2.05) is 0 Å². The topological polar surface area (TPSA) is 17.0 Å². The third kappa shape index (κ3) is 3.01. The lowest BCUT2D eigenvalue weighted by Crippen LogP contribution is -2.22. The Morgan fingerprint density at radius 3 is 2.67 bits per heavy atom. The predicted octanol–water partition coefficient (Wildman–Crippen LogP) is 4.02. The van der Waals surface area contributed by atoms with Crippen molar-refractivity contribution in [2.75, 3.05) is 6.54 Å². The van der Waals surface area contributed by atoms with Crippen molar-refractivity contribution >= 4 is 0 Å². The van der Waals surface area contributed by atoms with Crippen molar-refractivity contribution < 1.29 is 0 Å². The van der Waals surface area contributed by atoms with E-state index >= 15 is 0 Å². The molecule has 108 valence electrons. The molecule has 0 saturated carbocycles. The largest absolute Gasteiger partial charge is 0.354 e. The van der Waals surface area contributed by atoms with Gasteiger partial charge in [0.2, 0.25) is 0 Å². The van der Waals surface area contributed by atoms with E-state index < -0.39 is 0 Å². The highest BCUT2D eigenvalue weighted by molar-refractivity contribution is 5.70. The summed E-state index contributed by atoms with van der Waals surface area (Å²) in [6.45, 7) is 3.23. The number of aryl methyl sites for hydroxylation is 1. The molecule has 1 unspecified atom stereocenters. The van der Waals surface area contributed by atoms with Crippen LogP contribution in [0.5, 0.6) is 0 Å². The highest BCUT2D eigenvalue weighted by atomic mass is 14.9. The summed E-state index contributed by atoms with van der Waals surface area (Å²) >= 11 is 0. The van der Waals surface area contributed by atoms with Crippen LogP contribution in [0.1, 0.15) is 24.2 Å². The first kappa shape index (κ1) is 13.9. The van der Waals surface area contributed by atoms with E-state index in [9.17, 15) is 0 Å². The van der Waals surface area contributed by atoms with Gasteiger partial charge in [-0.05, 0) is 35.7 Å². The van der Waals surface area contributed by atoms with Gasteiger partial charge < -0.3 is 9.88 Å². The maximum absolute atomic E-state index is 3.64. The number of nitrogens with one attached hydrogen (secondary N) is 1. The monoisotopic (exact) mass is 278 g/mol. The van der Waals surface area contributed by atoms with E-state index in [-0.39, 0.29) is 0 Å². The molecule has 1 aromatic rings. The molecule has 1 N–H and O–H groups in total. The zero-order valence-corrected chi connectivity index (χ0v) is 12.7. The zero-order valence-electron chi connectivity index (χ0n) is 12.7. The molecule has 0 spiro atoms. The Labute approximate surface area is 126 Å². The van der Waals surface area contributed by atoms with Crippen LogP contribution in [-0.2, 0) is 13.5 Å². The summed E-state index contributed by atoms with van der Waals surface area (Å²) in [6.07, 6.45) is 3.16. The average Bonchev–Trinajstić information content (AvgIpc) is 2.99. The van der Waals surface area contributed by atoms with Crippen LogP contribution in [-0.4, -0.2) is 11.1 Å². The minimum atomic E-state index is 0.366. The molecule has 1 aromatic heterocycles. The Morgan fingerprint density at radius 1 is 1.00 bits per heavy atom. The molecule has 0 aromatic carbocycles. The minimum Gasteiger partial charge on any atom is -0.354 e. The minimum absolute atomic E-state index is 0.366. The molecule has 2 aliphatic rings. The molecule has 0 bridgehead atoms. The van der Waals surface area contributed by atoms with Crippen LogP contribution in [0, 0.1) is 0 Å². The van der Waals surface area contributed by atoms with Gasteiger partial charge in [0, 0.05) is 37.9 Å². The van der Waals surface area contributed by atoms with E-state index in [2.05, 4.69) is 84.6 Å². The van der Waals surface area contributed by atoms with Gasteiger partial charge in [-0.2, -0.15) is 0 Å². The Kier molecular flexibility index (Phi) is 4.07. The van der Waals surface area contributed by atoms with Gasteiger partial charge >= 0.3 is 0 Å². The maximum Gasteiger partial charge on any atom is 0.0298 e. The lowest BCUT2D eigenvalue weighted by molar-refractivity contribution is 0.571. The van der Waals surface area contributed by atoms with Crippen molar-refractivity contribution in [1.29, 1.82) is 0 Å². The van der Waals surface area contributed by atoms with Crippen molar-refractivity contribution in [2.45, 2.75) is 19.4 Å². The molecule has 1 heterocycles. The van der Waals surface area contributed by atoms with Crippen LogP contribution in [0.15, 0.2) is 60.8 Å². The Morgan fingerprint density at radius 2 is 1.86 bits per heavy atom. The van der Waals surface area contributed by atoms with Crippen LogP contribution in [0.3, 0.4) is 0 Å². The first-order valence-corrected chi connectivity index (χ1v) is 7.57. The molecular weight excluding hydrogens is 256 g/mol. The van der Waals surface area contributed by atoms with Gasteiger partial charge in [0.1, 0.15) is 0 Å². The van der Waals surface area contributed by atoms with Gasteiger partial charge in [-0.15, -0.1) is 0 Å². The maximum atomic E-state index is 3.64. The number of aromatic nitrogens is 1. The first-order chi connectivity index (χ1) is 10.3. The van der Waals surface area contributed by atoms with Crippen LogP contribution in [0.2, 0.25) is 0 Å². The molecule has 0 saturated heterocycles. The van der Waals surface area contributed by atoms with Crippen molar-refractivity contribution in [3.8, 4) is 11.1 Å². The number of hydrogen-bond donors (Lipinski definition) is 1. The fourth-order valence-electron chi connectivity index (χ4n) is 2.90. The second-order valence-corrected chi connectivity index (χ2v) is 5.60. The Bertz CT molecular complexity index is 684. The molecule has 2 aliphatic carbocycles. The zero-order chi connectivity index (χ0) is 14.7. The molecule has 1 atom stereocenters. The van der Waals surface area contributed by atoms with E-state index in [1.165, 1.54) is 22.4 Å². The molecule has 0 fully saturated rings. The van der Waals surface area contributed by atoms with Gasteiger partial charge in [-0.1, -0.05) is 42.5 Å². The summed E-state index contributed by atoms with van der Waals surface area (Å²) in [5, 5.41) is 3.64. The quantitative estimate of drug-likeness (QED) is 0.746. The highest BCUT2D eigenvalue weighted by Crippen LogP contribution is 2.31. The smallest absolute Gasteiger partial charge is 0.0298 e. The summed E-state index contributed by atoms with van der Waals surface area (Å²) in [5.74, 6) is 0. The van der Waals surface area contributed by atoms with Crippen LogP contribution in [0.4, 0.5) is 0 Å². The van der Waals surface area contributed by atoms with Gasteiger partial charge in [0.25, 0.3) is 0 Å². The first-order valence-electron chi connectivity index (χ1n) is 7.57. The second-order valence-electron chi connectivity index (χ2n) is 5.60. The Balaban J connectivity index is 1.65. The van der Waals surface area contributed by atoms with Gasteiger partial charge in [-0.25, -0.2) is 0 Å². The van der Waals surface area contributed by atoms with Gasteiger partial charge in [-0.3, -0.25) is 0 Å². The standard InChI is InChI=1S/C19H22N2/c1-15(20-13-12-17-8-6-14-21(17)2)18-11-10-16-7-4-3-5-9-19(16)18/h3-11,14-15,20H,12-13H2,1-2H3. The van der Waals surface area contributed by atoms with E-state index in [0.29, 0.717) is 6.04 Å². The second kappa shape index (κ2) is 6.15. The normalized spacial score (nSPS) is 12.7. The van der Waals surface area contributed by atoms with Crippen molar-refractivity contribution in [1.82, 2.24) is 9.88 Å². The lowest BCUT2D eigenvalue weighted by Gasteiger charge is -2.15. The van der Waals surface area contributed by atoms with Gasteiger partial charge in [0.15, 0.2) is 0 Å². The molecule has 2 nitrogen and oxygen atoms in total. The predicted molar refractivity (Wildman–Crippen MR) is 88.6 cm³/mol. The van der Waals surface area contributed by atoms with E-state index in [4.69, 9.17) is 0 Å². The summed E-state index contributed by atoms with van der Waals surface area (Å²) in [5.41, 5.74) is 5.41. The fourth-order valence-corrected chi connectivity index (χ4v) is 2.90. The molecule has 0 aliphatic heterocycles. The summed E-state index contributed by atoms with van der Waals surface area (Å²) in [6, 6.07) is 19.8. The highest BCUT2D eigenvalue weighted by Gasteiger charge is 2.13. The molecule has 21 heavy (non-hydrogen) atoms. The SMILES string of the molecule is CC(NCCc1cccn1C)c1ccc2cccccc1-2. The average molecular weight is 278 g/mol. The van der Waals surface area contributed by atoms with Crippen LogP contribution >= 0.6 is 0 Å². The molecule has 2 heteroatoms. The molecule has 0 radical (unpaired) electrons. The Hall–Kier alpha value is -2.06. The summed E-state index contributed by atoms with van der Waals surface area (Å²) < 4.78 is 2.18. The lowest BCUT2D eigenvalue weighted by atomic mass is 10.0. The third-order valence-corrected chi connectivity index (χ3v) is 4.17. The van der Waals surface area contributed by atoms with E-state index in [0.717, 1.165) is 13.0 Å². The van der Waals surface area contributed by atoms with Gasteiger partial charge in [0.05, 0.1) is 0 Å². The van der Waals surface area contributed by atoms with Crippen molar-refractivity contribution in [2.24, 2.45) is 7.05 Å². The number of hydrogen-bond acceptors (Lipinski definition) is 1. The van der Waals surface area contributed by atoms with Crippen LogP contribution in [0.25, 0.3) is 11.1 Å². The summed E-state index contributed by atoms with van der Waals surface area (Å²) in [7, 11) is 2.10. The number of rotatable bonds is 5.